The van der Waals surface area contributed by atoms with Gasteiger partial charge in [0.25, 0.3) is 0 Å². The largest absolute Gasteiger partial charge is 0.537 e. The minimum atomic E-state index is -1.47. The smallest absolute Gasteiger partial charge is 0.448 e. The second-order valence-electron chi connectivity index (χ2n) is 6.55. The third kappa shape index (κ3) is 2.52. The van der Waals surface area contributed by atoms with E-state index in [9.17, 15) is 4.79 Å². The first-order chi connectivity index (χ1) is 13.7. The van der Waals surface area contributed by atoms with Crippen LogP contribution in [0.2, 0.25) is 0 Å². The molecule has 1 aromatic heterocycles. The molecule has 4 aromatic rings. The maximum Gasteiger partial charge on any atom is 0.537 e. The van der Waals surface area contributed by atoms with Crippen LogP contribution in [0.1, 0.15) is 17.0 Å². The number of carboxylic acid groups (broad SMARTS) is 1. The van der Waals surface area contributed by atoms with E-state index < -0.39 is 6.16 Å². The van der Waals surface area contributed by atoms with Crippen LogP contribution in [0, 0.1) is 0 Å². The summed E-state index contributed by atoms with van der Waals surface area (Å²) in [4.78, 5) is 20.1. The highest BCUT2D eigenvalue weighted by molar-refractivity contribution is 5.96. The predicted octanol–water partition coefficient (Wildman–Crippen LogP) is 4.36. The van der Waals surface area contributed by atoms with Gasteiger partial charge in [0.1, 0.15) is 12.1 Å². The lowest BCUT2D eigenvalue weighted by Crippen LogP contribution is -2.11. The Morgan fingerprint density at radius 2 is 1.68 bits per heavy atom. The Hall–Kier alpha value is -3.71. The maximum atomic E-state index is 10.7. The fraction of sp³-hybridized carbons (Fsp3) is 0.0952. The van der Waals surface area contributed by atoms with Crippen molar-refractivity contribution in [2.24, 2.45) is 0 Å². The van der Waals surface area contributed by atoms with Crippen LogP contribution in [-0.4, -0.2) is 33.3 Å². The van der Waals surface area contributed by atoms with Gasteiger partial charge in [0.05, 0.1) is 5.52 Å². The van der Waals surface area contributed by atoms with Crippen molar-refractivity contribution in [2.45, 2.75) is 5.92 Å². The van der Waals surface area contributed by atoms with Gasteiger partial charge in [0.15, 0.2) is 0 Å². The molecule has 1 atom stereocenters. The second kappa shape index (κ2) is 6.47. The third-order valence-electron chi connectivity index (χ3n) is 5.09. The van der Waals surface area contributed by atoms with Crippen molar-refractivity contribution in [3.63, 3.8) is 0 Å². The van der Waals surface area contributed by atoms with E-state index in [4.69, 9.17) is 9.99 Å². The van der Waals surface area contributed by atoms with E-state index in [-0.39, 0.29) is 12.5 Å². The molecular weight excluding hydrogens is 358 g/mol. The Morgan fingerprint density at radius 1 is 0.964 bits per heavy atom. The van der Waals surface area contributed by atoms with E-state index in [2.05, 4.69) is 32.4 Å². The van der Waals surface area contributed by atoms with E-state index in [0.29, 0.717) is 0 Å². The average molecular weight is 373 g/mol. The zero-order valence-electron chi connectivity index (χ0n) is 14.6. The van der Waals surface area contributed by atoms with Crippen LogP contribution < -0.4 is 0 Å². The van der Waals surface area contributed by atoms with Crippen LogP contribution >= 0.6 is 0 Å². The first-order valence-corrected chi connectivity index (χ1v) is 8.79. The molecule has 0 bridgehead atoms. The van der Waals surface area contributed by atoms with E-state index in [1.54, 1.807) is 0 Å². The summed E-state index contributed by atoms with van der Waals surface area (Å²) in [7, 11) is 0. The van der Waals surface area contributed by atoms with Crippen molar-refractivity contribution in [3.05, 3.63) is 71.8 Å². The molecule has 0 saturated carbocycles. The molecule has 2 N–H and O–H groups in total. The summed E-state index contributed by atoms with van der Waals surface area (Å²) in [5.74, 6) is -0.163. The first-order valence-electron chi connectivity index (χ1n) is 8.79. The van der Waals surface area contributed by atoms with Gasteiger partial charge in [-0.2, -0.15) is 4.89 Å². The van der Waals surface area contributed by atoms with Gasteiger partial charge >= 0.3 is 6.16 Å². The number of rotatable bonds is 4. The number of nitrogens with one attached hydrogen (secondary N) is 1. The summed E-state index contributed by atoms with van der Waals surface area (Å²) in [6.07, 6.45) is -1.47. The highest BCUT2D eigenvalue weighted by atomic mass is 17.2. The van der Waals surface area contributed by atoms with Crippen molar-refractivity contribution in [2.75, 3.05) is 6.61 Å². The van der Waals surface area contributed by atoms with Gasteiger partial charge in [0.2, 0.25) is 0 Å². The van der Waals surface area contributed by atoms with Crippen molar-refractivity contribution >= 4 is 17.2 Å². The molecule has 7 heteroatoms. The number of hydrogen-bond acceptors (Lipinski definition) is 5. The summed E-state index contributed by atoms with van der Waals surface area (Å²) >= 11 is 0. The number of nitrogens with zero attached hydrogens (tertiary/aromatic N) is 2. The number of aromatic nitrogens is 3. The summed E-state index contributed by atoms with van der Waals surface area (Å²) in [6.45, 7) is 0.0854. The minimum absolute atomic E-state index is 0.0854. The Labute approximate surface area is 159 Å². The van der Waals surface area contributed by atoms with E-state index >= 15 is 0 Å². The molecule has 0 fully saturated rings. The molecule has 1 aliphatic carbocycles. The highest BCUT2D eigenvalue weighted by Crippen LogP contribution is 2.49. The molecule has 1 unspecified atom stereocenters. The third-order valence-corrected chi connectivity index (χ3v) is 5.09. The molecule has 28 heavy (non-hydrogen) atoms. The molecule has 0 amide bonds. The van der Waals surface area contributed by atoms with Gasteiger partial charge in [-0.15, -0.1) is 5.10 Å². The monoisotopic (exact) mass is 373 g/mol. The van der Waals surface area contributed by atoms with Crippen LogP contribution in [0.4, 0.5) is 4.79 Å². The topological polar surface area (TPSA) is 97.3 Å². The van der Waals surface area contributed by atoms with Crippen LogP contribution in [-0.2, 0) is 9.78 Å². The van der Waals surface area contributed by atoms with Crippen molar-refractivity contribution in [1.82, 2.24) is 15.4 Å². The van der Waals surface area contributed by atoms with Crippen LogP contribution in [0.3, 0.4) is 0 Å². The molecule has 5 rings (SSSR count). The molecule has 1 heterocycles. The number of carbonyl (C=O) groups is 1. The Morgan fingerprint density at radius 3 is 2.54 bits per heavy atom. The Bertz CT molecular complexity index is 1200. The lowest BCUT2D eigenvalue weighted by atomic mass is 9.89. The zero-order chi connectivity index (χ0) is 19.1. The molecule has 0 spiro atoms. The number of fused-ring (bicyclic) bond motifs is 4. The second-order valence-corrected chi connectivity index (χ2v) is 6.55. The average Bonchev–Trinajstić information content (AvgIpc) is 3.31. The van der Waals surface area contributed by atoms with Gasteiger partial charge in [-0.1, -0.05) is 59.8 Å². The molecule has 0 aliphatic heterocycles. The van der Waals surface area contributed by atoms with E-state index in [1.165, 1.54) is 0 Å². The van der Waals surface area contributed by atoms with Gasteiger partial charge in [-0.3, -0.25) is 9.99 Å². The zero-order valence-corrected chi connectivity index (χ0v) is 14.6. The number of H-pyrrole nitrogens is 1. The Kier molecular flexibility index (Phi) is 3.80. The summed E-state index contributed by atoms with van der Waals surface area (Å²) in [5, 5.41) is 19.8. The molecule has 3 aromatic carbocycles. The van der Waals surface area contributed by atoms with Gasteiger partial charge in [-0.25, -0.2) is 4.79 Å². The van der Waals surface area contributed by atoms with Crippen molar-refractivity contribution in [3.8, 4) is 22.3 Å². The lowest BCUT2D eigenvalue weighted by Gasteiger charge is -2.16. The normalized spacial score (nSPS) is 14.6. The molecule has 0 radical (unpaired) electrons. The van der Waals surface area contributed by atoms with Gasteiger partial charge < -0.3 is 5.11 Å². The number of hydrogen-bond donors (Lipinski definition) is 2. The van der Waals surface area contributed by atoms with Crippen LogP contribution in [0.15, 0.2) is 60.7 Å². The molecular formula is C21H15N3O4. The van der Waals surface area contributed by atoms with Gasteiger partial charge in [0, 0.05) is 11.5 Å². The lowest BCUT2D eigenvalue weighted by molar-refractivity contribution is -0.252. The maximum absolute atomic E-state index is 10.7. The molecule has 7 nitrogen and oxygen atoms in total. The summed E-state index contributed by atoms with van der Waals surface area (Å²) < 4.78 is 0. The molecule has 1 aliphatic rings. The van der Waals surface area contributed by atoms with Crippen LogP contribution in [0.5, 0.6) is 0 Å². The first kappa shape index (κ1) is 16.5. The predicted molar refractivity (Wildman–Crippen MR) is 102 cm³/mol. The Balaban J connectivity index is 1.69. The van der Waals surface area contributed by atoms with Crippen molar-refractivity contribution < 1.29 is 19.7 Å². The number of aromatic amines is 1. The quantitative estimate of drug-likeness (QED) is 0.407. The number of benzene rings is 3. The van der Waals surface area contributed by atoms with E-state index in [0.717, 1.165) is 44.4 Å². The summed E-state index contributed by atoms with van der Waals surface area (Å²) in [5.41, 5.74) is 7.95. The minimum Gasteiger partial charge on any atom is -0.448 e. The molecule has 138 valence electrons. The van der Waals surface area contributed by atoms with Crippen LogP contribution in [0.25, 0.3) is 33.3 Å². The summed E-state index contributed by atoms with van der Waals surface area (Å²) in [6, 6.07) is 20.1. The highest BCUT2D eigenvalue weighted by Gasteiger charge is 2.32. The fourth-order valence-corrected chi connectivity index (χ4v) is 4.03. The van der Waals surface area contributed by atoms with E-state index in [1.807, 2.05) is 48.5 Å². The fourth-order valence-electron chi connectivity index (χ4n) is 4.03. The van der Waals surface area contributed by atoms with Crippen molar-refractivity contribution in [1.29, 1.82) is 0 Å². The molecule has 0 saturated heterocycles. The standard InChI is InChI=1S/C21H15N3O4/c25-21(26)28-27-11-17-13-6-2-1-5-12(13)14-7-3-8-15(19(14)17)16-9-4-10-18-20(16)23-24-22-18/h1-10,17H,11H2,(H,25,26)(H,22,23,24). The van der Waals surface area contributed by atoms with Gasteiger partial charge in [-0.05, 0) is 33.9 Å². The SMILES string of the molecule is O=C(O)OOCC1c2ccccc2-c2cccc(-c3cccc4[nH]nnc34)c21.